The Bertz CT molecular complexity index is 487. The summed E-state index contributed by atoms with van der Waals surface area (Å²) in [5.41, 5.74) is 3.17. The molecule has 1 aromatic carbocycles. The first kappa shape index (κ1) is 12.6. The van der Waals surface area contributed by atoms with E-state index in [2.05, 4.69) is 10.6 Å². The molecule has 0 spiro atoms. The third kappa shape index (κ3) is 2.65. The lowest BCUT2D eigenvalue weighted by molar-refractivity contribution is 0.0717. The second kappa shape index (κ2) is 5.31. The zero-order valence-corrected chi connectivity index (χ0v) is 11.0. The zero-order valence-electron chi connectivity index (χ0n) is 11.0. The van der Waals surface area contributed by atoms with Crippen LogP contribution in [0.15, 0.2) is 18.2 Å². The Morgan fingerprint density at radius 1 is 1.21 bits per heavy atom. The number of rotatable bonds is 2. The first-order valence-electron chi connectivity index (χ1n) is 7.05. The molecule has 3 rings (SSSR count). The molecule has 102 valence electrons. The van der Waals surface area contributed by atoms with Crippen LogP contribution in [0.5, 0.6) is 0 Å². The van der Waals surface area contributed by atoms with Crippen LogP contribution in [-0.2, 0) is 13.1 Å². The number of aliphatic hydroxyl groups excluding tert-OH is 1. The van der Waals surface area contributed by atoms with E-state index >= 15 is 0 Å². The Labute approximate surface area is 113 Å². The van der Waals surface area contributed by atoms with Crippen LogP contribution in [0.2, 0.25) is 0 Å². The van der Waals surface area contributed by atoms with Gasteiger partial charge in [-0.1, -0.05) is 18.9 Å². The fourth-order valence-electron chi connectivity index (χ4n) is 2.97. The standard InChI is InChI=1S/C15H20N2O2/c18-14-4-2-1-3-13(14)17-15(19)10-5-6-11-8-16-9-12(11)7-10/h5-7,13-14,16,18H,1-4,8-9H2,(H,17,19)/t13-,14-/m0/s1. The smallest absolute Gasteiger partial charge is 0.251 e. The van der Waals surface area contributed by atoms with Crippen molar-refractivity contribution in [1.82, 2.24) is 10.6 Å². The number of amides is 1. The van der Waals surface area contributed by atoms with E-state index in [9.17, 15) is 9.90 Å². The molecule has 3 N–H and O–H groups in total. The van der Waals surface area contributed by atoms with Crippen molar-refractivity contribution >= 4 is 5.91 Å². The van der Waals surface area contributed by atoms with Crippen LogP contribution in [-0.4, -0.2) is 23.2 Å². The van der Waals surface area contributed by atoms with Crippen molar-refractivity contribution in [2.45, 2.75) is 50.9 Å². The minimum atomic E-state index is -0.395. The van der Waals surface area contributed by atoms with Crippen molar-refractivity contribution in [3.8, 4) is 0 Å². The van der Waals surface area contributed by atoms with Crippen LogP contribution in [0.25, 0.3) is 0 Å². The molecule has 1 aromatic rings. The number of fused-ring (bicyclic) bond motifs is 1. The topological polar surface area (TPSA) is 61.4 Å². The second-order valence-electron chi connectivity index (χ2n) is 5.52. The van der Waals surface area contributed by atoms with Gasteiger partial charge in [0.25, 0.3) is 5.91 Å². The summed E-state index contributed by atoms with van der Waals surface area (Å²) in [6.07, 6.45) is 3.40. The predicted molar refractivity (Wildman–Crippen MR) is 72.7 cm³/mol. The summed E-state index contributed by atoms with van der Waals surface area (Å²) < 4.78 is 0. The summed E-state index contributed by atoms with van der Waals surface area (Å²) >= 11 is 0. The first-order chi connectivity index (χ1) is 9.24. The van der Waals surface area contributed by atoms with E-state index in [0.717, 1.165) is 38.8 Å². The highest BCUT2D eigenvalue weighted by molar-refractivity contribution is 5.94. The third-order valence-electron chi connectivity index (χ3n) is 4.15. The molecule has 1 aliphatic carbocycles. The van der Waals surface area contributed by atoms with Gasteiger partial charge in [0, 0.05) is 18.7 Å². The highest BCUT2D eigenvalue weighted by Crippen LogP contribution is 2.20. The fourth-order valence-corrected chi connectivity index (χ4v) is 2.97. The average molecular weight is 260 g/mol. The van der Waals surface area contributed by atoms with Gasteiger partial charge >= 0.3 is 0 Å². The maximum absolute atomic E-state index is 12.2. The fraction of sp³-hybridized carbons (Fsp3) is 0.533. The summed E-state index contributed by atoms with van der Waals surface area (Å²) in [6.45, 7) is 1.72. The molecule has 0 saturated heterocycles. The number of hydrogen-bond donors (Lipinski definition) is 3. The number of carbonyl (C=O) groups excluding carboxylic acids is 1. The molecule has 0 aromatic heterocycles. The minimum Gasteiger partial charge on any atom is -0.391 e. The van der Waals surface area contributed by atoms with Crippen LogP contribution >= 0.6 is 0 Å². The van der Waals surface area contributed by atoms with Crippen molar-refractivity contribution in [1.29, 1.82) is 0 Å². The summed E-state index contributed by atoms with van der Waals surface area (Å²) in [5.74, 6) is -0.0688. The normalized spacial score (nSPS) is 25.9. The van der Waals surface area contributed by atoms with Gasteiger partial charge in [-0.05, 0) is 36.1 Å². The van der Waals surface area contributed by atoms with Crippen molar-refractivity contribution in [3.05, 3.63) is 34.9 Å². The molecule has 1 fully saturated rings. The monoisotopic (exact) mass is 260 g/mol. The van der Waals surface area contributed by atoms with Crippen LogP contribution in [0.4, 0.5) is 0 Å². The zero-order chi connectivity index (χ0) is 13.2. The highest BCUT2D eigenvalue weighted by Gasteiger charge is 2.25. The quantitative estimate of drug-likeness (QED) is 0.751. The van der Waals surface area contributed by atoms with E-state index in [-0.39, 0.29) is 11.9 Å². The van der Waals surface area contributed by atoms with E-state index in [1.54, 1.807) is 0 Å². The number of benzene rings is 1. The molecule has 2 atom stereocenters. The van der Waals surface area contributed by atoms with Crippen molar-refractivity contribution in [2.24, 2.45) is 0 Å². The van der Waals surface area contributed by atoms with Crippen LogP contribution in [0, 0.1) is 0 Å². The molecule has 1 amide bonds. The lowest BCUT2D eigenvalue weighted by Gasteiger charge is -2.28. The molecular formula is C15H20N2O2. The summed E-state index contributed by atoms with van der Waals surface area (Å²) in [7, 11) is 0. The van der Waals surface area contributed by atoms with E-state index in [0.29, 0.717) is 5.56 Å². The number of aliphatic hydroxyl groups is 1. The maximum Gasteiger partial charge on any atom is 0.251 e. The van der Waals surface area contributed by atoms with Gasteiger partial charge in [0.2, 0.25) is 0 Å². The van der Waals surface area contributed by atoms with Crippen molar-refractivity contribution < 1.29 is 9.90 Å². The van der Waals surface area contributed by atoms with E-state index < -0.39 is 6.10 Å². The van der Waals surface area contributed by atoms with E-state index in [1.165, 1.54) is 11.1 Å². The molecule has 19 heavy (non-hydrogen) atoms. The Hall–Kier alpha value is -1.39. The minimum absolute atomic E-state index is 0.0688. The molecule has 4 heteroatoms. The van der Waals surface area contributed by atoms with Crippen molar-refractivity contribution in [3.63, 3.8) is 0 Å². The lowest BCUT2D eigenvalue weighted by Crippen LogP contribution is -2.45. The van der Waals surface area contributed by atoms with E-state index in [1.807, 2.05) is 18.2 Å². The van der Waals surface area contributed by atoms with Gasteiger partial charge in [0.1, 0.15) is 0 Å². The maximum atomic E-state index is 12.2. The molecule has 0 radical (unpaired) electrons. The van der Waals surface area contributed by atoms with Gasteiger partial charge in [0.15, 0.2) is 0 Å². The number of nitrogens with one attached hydrogen (secondary N) is 2. The lowest BCUT2D eigenvalue weighted by atomic mass is 9.92. The SMILES string of the molecule is O=C(N[C@H]1CCCC[C@@H]1O)c1ccc2c(c1)CNC2. The number of hydrogen-bond acceptors (Lipinski definition) is 3. The summed E-state index contributed by atoms with van der Waals surface area (Å²) in [6, 6.07) is 5.75. The Morgan fingerprint density at radius 3 is 2.84 bits per heavy atom. The van der Waals surface area contributed by atoms with Crippen LogP contribution in [0.3, 0.4) is 0 Å². The van der Waals surface area contributed by atoms with E-state index in [4.69, 9.17) is 0 Å². The van der Waals surface area contributed by atoms with Gasteiger partial charge in [-0.15, -0.1) is 0 Å². The molecule has 0 unspecified atom stereocenters. The predicted octanol–water partition coefficient (Wildman–Crippen LogP) is 1.32. The Kier molecular flexibility index (Phi) is 3.53. The largest absolute Gasteiger partial charge is 0.391 e. The molecule has 1 saturated carbocycles. The summed E-state index contributed by atoms with van der Waals surface area (Å²) in [5, 5.41) is 16.1. The van der Waals surface area contributed by atoms with Gasteiger partial charge in [-0.25, -0.2) is 0 Å². The third-order valence-corrected chi connectivity index (χ3v) is 4.15. The summed E-state index contributed by atoms with van der Waals surface area (Å²) in [4.78, 5) is 12.2. The van der Waals surface area contributed by atoms with Crippen molar-refractivity contribution in [2.75, 3.05) is 0 Å². The van der Waals surface area contributed by atoms with Crippen LogP contribution in [0.1, 0.15) is 47.2 Å². The average Bonchev–Trinajstić information content (AvgIpc) is 2.88. The highest BCUT2D eigenvalue weighted by atomic mass is 16.3. The molecular weight excluding hydrogens is 240 g/mol. The Morgan fingerprint density at radius 2 is 2.00 bits per heavy atom. The molecule has 4 nitrogen and oxygen atoms in total. The molecule has 2 aliphatic rings. The van der Waals surface area contributed by atoms with Gasteiger partial charge in [-0.3, -0.25) is 4.79 Å². The molecule has 1 aliphatic heterocycles. The first-order valence-corrected chi connectivity index (χ1v) is 7.05. The molecule has 1 heterocycles. The molecule has 0 bridgehead atoms. The van der Waals surface area contributed by atoms with Crippen LogP contribution < -0.4 is 10.6 Å². The second-order valence-corrected chi connectivity index (χ2v) is 5.52. The van der Waals surface area contributed by atoms with Gasteiger partial charge in [-0.2, -0.15) is 0 Å². The van der Waals surface area contributed by atoms with Gasteiger partial charge < -0.3 is 15.7 Å². The number of carbonyl (C=O) groups is 1. The van der Waals surface area contributed by atoms with Gasteiger partial charge in [0.05, 0.1) is 12.1 Å². The Balaban J connectivity index is 1.70.